The van der Waals surface area contributed by atoms with Crippen LogP contribution in [0.15, 0.2) is 28.7 Å². The Morgan fingerprint density at radius 2 is 2.12 bits per heavy atom. The van der Waals surface area contributed by atoms with Crippen molar-refractivity contribution in [1.29, 1.82) is 0 Å². The lowest BCUT2D eigenvalue weighted by molar-refractivity contribution is 0.0952. The third-order valence-electron chi connectivity index (χ3n) is 2.37. The van der Waals surface area contributed by atoms with Crippen molar-refractivity contribution in [3.05, 3.63) is 47.2 Å². The summed E-state index contributed by atoms with van der Waals surface area (Å²) in [7, 11) is 0. The van der Waals surface area contributed by atoms with E-state index >= 15 is 0 Å². The van der Waals surface area contributed by atoms with Gasteiger partial charge in [-0.1, -0.05) is 0 Å². The summed E-state index contributed by atoms with van der Waals surface area (Å²) in [4.78, 5) is 11.8. The monoisotopic (exact) mass is 230 g/mol. The number of hydrogen-bond acceptors (Lipinski definition) is 3. The molecule has 2 rings (SSSR count). The van der Waals surface area contributed by atoms with Crippen LogP contribution in [0.5, 0.6) is 0 Å². The molecule has 0 N–H and O–H groups in total. The molecule has 2 aromatic rings. The number of aryl methyl sites for hydroxylation is 3. The molecule has 0 aliphatic rings. The Morgan fingerprint density at radius 3 is 2.65 bits per heavy atom. The fourth-order valence-corrected chi connectivity index (χ4v) is 1.62. The van der Waals surface area contributed by atoms with E-state index < -0.39 is 0 Å². The normalized spacial score (nSPS) is 11.2. The van der Waals surface area contributed by atoms with E-state index in [1.54, 1.807) is 6.08 Å². The predicted molar refractivity (Wildman–Crippen MR) is 64.8 cm³/mol. The Labute approximate surface area is 99.6 Å². The molecule has 17 heavy (non-hydrogen) atoms. The van der Waals surface area contributed by atoms with Crippen molar-refractivity contribution < 1.29 is 9.21 Å². The van der Waals surface area contributed by atoms with E-state index in [4.69, 9.17) is 4.42 Å². The van der Waals surface area contributed by atoms with Crippen LogP contribution >= 0.6 is 0 Å². The molecule has 0 aliphatic heterocycles. The largest absolute Gasteiger partial charge is 0.462 e. The molecule has 0 aliphatic carbocycles. The van der Waals surface area contributed by atoms with Crippen LogP contribution < -0.4 is 0 Å². The zero-order valence-corrected chi connectivity index (χ0v) is 10.1. The summed E-state index contributed by atoms with van der Waals surface area (Å²) in [5, 5.41) is 4.11. The maximum atomic E-state index is 11.8. The van der Waals surface area contributed by atoms with Crippen LogP contribution in [0.4, 0.5) is 0 Å². The first-order valence-electron chi connectivity index (χ1n) is 5.38. The Morgan fingerprint density at radius 1 is 1.35 bits per heavy atom. The van der Waals surface area contributed by atoms with E-state index in [-0.39, 0.29) is 5.91 Å². The molecular formula is C13H14N2O2. The van der Waals surface area contributed by atoms with Crippen molar-refractivity contribution in [1.82, 2.24) is 9.78 Å². The zero-order chi connectivity index (χ0) is 12.4. The molecule has 0 saturated carbocycles. The first-order chi connectivity index (χ1) is 8.06. The van der Waals surface area contributed by atoms with Crippen LogP contribution in [0.25, 0.3) is 6.08 Å². The van der Waals surface area contributed by atoms with Crippen LogP contribution in [0.3, 0.4) is 0 Å². The molecule has 0 spiro atoms. The van der Waals surface area contributed by atoms with Crippen molar-refractivity contribution in [2.45, 2.75) is 20.8 Å². The van der Waals surface area contributed by atoms with Gasteiger partial charge in [-0.25, -0.2) is 4.68 Å². The minimum atomic E-state index is -0.176. The topological polar surface area (TPSA) is 48.0 Å². The molecule has 0 unspecified atom stereocenters. The highest BCUT2D eigenvalue weighted by atomic mass is 16.3. The molecule has 4 heteroatoms. The van der Waals surface area contributed by atoms with Gasteiger partial charge in [-0.3, -0.25) is 4.79 Å². The van der Waals surface area contributed by atoms with Crippen molar-refractivity contribution in [3.8, 4) is 0 Å². The summed E-state index contributed by atoms with van der Waals surface area (Å²) in [5.74, 6) is 1.31. The lowest BCUT2D eigenvalue weighted by Gasteiger charge is -1.96. The number of hydrogen-bond donors (Lipinski definition) is 0. The average Bonchev–Trinajstić information content (AvgIpc) is 2.81. The van der Waals surface area contributed by atoms with E-state index in [1.165, 1.54) is 10.8 Å². The summed E-state index contributed by atoms with van der Waals surface area (Å²) < 4.78 is 6.71. The molecule has 0 amide bonds. The highest BCUT2D eigenvalue weighted by Gasteiger charge is 2.06. The van der Waals surface area contributed by atoms with Gasteiger partial charge in [0.1, 0.15) is 11.5 Å². The zero-order valence-electron chi connectivity index (χ0n) is 10.1. The molecule has 4 nitrogen and oxygen atoms in total. The van der Waals surface area contributed by atoms with Gasteiger partial charge in [0, 0.05) is 11.8 Å². The van der Waals surface area contributed by atoms with Crippen LogP contribution in [0, 0.1) is 20.8 Å². The fraction of sp³-hybridized carbons (Fsp3) is 0.231. The summed E-state index contributed by atoms with van der Waals surface area (Å²) in [6.07, 6.45) is 3.10. The molecule has 0 atom stereocenters. The highest BCUT2D eigenvalue weighted by molar-refractivity contribution is 5.93. The van der Waals surface area contributed by atoms with Gasteiger partial charge in [0.15, 0.2) is 0 Å². The minimum absolute atomic E-state index is 0.176. The maximum Gasteiger partial charge on any atom is 0.271 e. The quantitative estimate of drug-likeness (QED) is 0.745. The Balaban J connectivity index is 2.17. The first-order valence-corrected chi connectivity index (χ1v) is 5.38. The van der Waals surface area contributed by atoms with E-state index in [2.05, 4.69) is 5.10 Å². The van der Waals surface area contributed by atoms with E-state index in [1.807, 2.05) is 39.0 Å². The van der Waals surface area contributed by atoms with Crippen LogP contribution in [0.1, 0.15) is 27.7 Å². The third-order valence-corrected chi connectivity index (χ3v) is 2.37. The molecule has 88 valence electrons. The molecule has 0 saturated heterocycles. The molecule has 2 aromatic heterocycles. The van der Waals surface area contributed by atoms with E-state index in [0.717, 1.165) is 17.1 Å². The van der Waals surface area contributed by atoms with Crippen molar-refractivity contribution in [2.75, 3.05) is 0 Å². The Kier molecular flexibility index (Phi) is 2.95. The van der Waals surface area contributed by atoms with Crippen LogP contribution in [-0.2, 0) is 0 Å². The summed E-state index contributed by atoms with van der Waals surface area (Å²) >= 11 is 0. The highest BCUT2D eigenvalue weighted by Crippen LogP contribution is 2.08. The lowest BCUT2D eigenvalue weighted by Crippen LogP contribution is -2.10. The van der Waals surface area contributed by atoms with Gasteiger partial charge in [-0.05, 0) is 45.0 Å². The number of allylic oxidation sites excluding steroid dienone is 1. The van der Waals surface area contributed by atoms with Crippen molar-refractivity contribution in [2.24, 2.45) is 0 Å². The van der Waals surface area contributed by atoms with Gasteiger partial charge in [-0.2, -0.15) is 5.10 Å². The smallest absolute Gasteiger partial charge is 0.271 e. The number of furan rings is 1. The molecular weight excluding hydrogens is 216 g/mol. The van der Waals surface area contributed by atoms with Crippen molar-refractivity contribution in [3.63, 3.8) is 0 Å². The maximum absolute atomic E-state index is 11.8. The van der Waals surface area contributed by atoms with Gasteiger partial charge in [0.2, 0.25) is 0 Å². The molecule has 2 heterocycles. The number of nitrogens with zero attached hydrogens (tertiary/aromatic N) is 2. The van der Waals surface area contributed by atoms with E-state index in [9.17, 15) is 4.79 Å². The summed E-state index contributed by atoms with van der Waals surface area (Å²) in [6.45, 7) is 5.57. The summed E-state index contributed by atoms with van der Waals surface area (Å²) in [5.41, 5.74) is 1.66. The van der Waals surface area contributed by atoms with Gasteiger partial charge < -0.3 is 4.42 Å². The van der Waals surface area contributed by atoms with E-state index in [0.29, 0.717) is 5.76 Å². The standard InChI is InChI=1S/C13H14N2O2/c1-9-8-10(2)15(14-9)13(16)7-6-12-5-4-11(3)17-12/h4-8H,1-3H3. The number of aromatic nitrogens is 2. The number of carbonyl (C=O) groups is 1. The van der Waals surface area contributed by atoms with Crippen molar-refractivity contribution >= 4 is 12.0 Å². The van der Waals surface area contributed by atoms with Gasteiger partial charge >= 0.3 is 0 Å². The molecule has 0 aromatic carbocycles. The molecule has 0 fully saturated rings. The number of carbonyl (C=O) groups excluding carboxylic acids is 1. The summed E-state index contributed by atoms with van der Waals surface area (Å²) in [6, 6.07) is 5.54. The third kappa shape index (κ3) is 2.53. The minimum Gasteiger partial charge on any atom is -0.462 e. The average molecular weight is 230 g/mol. The second-order valence-corrected chi connectivity index (χ2v) is 3.96. The lowest BCUT2D eigenvalue weighted by atomic mass is 10.3. The molecule has 0 radical (unpaired) electrons. The van der Waals surface area contributed by atoms with Gasteiger partial charge in [0.05, 0.1) is 5.69 Å². The predicted octanol–water partition coefficient (Wildman–Crippen LogP) is 2.75. The van der Waals surface area contributed by atoms with Crippen LogP contribution in [-0.4, -0.2) is 15.7 Å². The van der Waals surface area contributed by atoms with Gasteiger partial charge in [0.25, 0.3) is 5.91 Å². The Hall–Kier alpha value is -2.10. The SMILES string of the molecule is Cc1cc(C)n(C(=O)C=Cc2ccc(C)o2)n1. The van der Waals surface area contributed by atoms with Gasteiger partial charge in [-0.15, -0.1) is 0 Å². The fourth-order valence-electron chi connectivity index (χ4n) is 1.62. The second kappa shape index (κ2) is 4.41. The first kappa shape index (κ1) is 11.4. The Bertz CT molecular complexity index is 576. The number of rotatable bonds is 2. The second-order valence-electron chi connectivity index (χ2n) is 3.96. The van der Waals surface area contributed by atoms with Crippen LogP contribution in [0.2, 0.25) is 0 Å². The molecule has 0 bridgehead atoms.